The number of rotatable bonds is 1. The van der Waals surface area contributed by atoms with Crippen LogP contribution in [0.15, 0.2) is 16.6 Å². The molecule has 92 valence electrons. The molecular weight excluding hydrogens is 310 g/mol. The van der Waals surface area contributed by atoms with Crippen molar-refractivity contribution in [2.75, 3.05) is 13.1 Å². The van der Waals surface area contributed by atoms with E-state index in [1.807, 2.05) is 0 Å². The van der Waals surface area contributed by atoms with Crippen LogP contribution in [0.1, 0.15) is 16.8 Å². The highest BCUT2D eigenvalue weighted by molar-refractivity contribution is 9.10. The average molecular weight is 322 g/mol. The lowest BCUT2D eigenvalue weighted by molar-refractivity contribution is 0.0790. The minimum absolute atomic E-state index is 0.00183. The third kappa shape index (κ3) is 2.61. The van der Waals surface area contributed by atoms with Gasteiger partial charge in [0.1, 0.15) is 5.82 Å². The summed E-state index contributed by atoms with van der Waals surface area (Å²) in [6, 6.07) is 2.54. The minimum atomic E-state index is -0.499. The fourth-order valence-corrected chi connectivity index (χ4v) is 2.55. The van der Waals surface area contributed by atoms with Crippen LogP contribution in [0.2, 0.25) is 5.02 Å². The van der Waals surface area contributed by atoms with Gasteiger partial charge in [0.15, 0.2) is 0 Å². The second-order valence-electron chi connectivity index (χ2n) is 4.05. The number of likely N-dealkylation sites (tertiary alicyclic amines) is 1. The molecule has 1 aliphatic heterocycles. The first-order valence-corrected chi connectivity index (χ1v) is 6.35. The van der Waals surface area contributed by atoms with Crippen LogP contribution in [-0.4, -0.2) is 29.9 Å². The fraction of sp³-hybridized carbons (Fsp3) is 0.364. The predicted molar refractivity (Wildman–Crippen MR) is 67.6 cm³/mol. The first-order valence-electron chi connectivity index (χ1n) is 5.18. The molecular formula is C11H11BrClFN2O. The molecule has 0 aliphatic carbocycles. The van der Waals surface area contributed by atoms with Crippen LogP contribution in [0, 0.1) is 5.82 Å². The Balaban J connectivity index is 2.28. The molecule has 1 heterocycles. The normalized spacial score (nSPS) is 19.8. The Morgan fingerprint density at radius 3 is 2.88 bits per heavy atom. The van der Waals surface area contributed by atoms with E-state index in [0.717, 1.165) is 12.5 Å². The molecule has 6 heteroatoms. The van der Waals surface area contributed by atoms with Gasteiger partial charge < -0.3 is 10.6 Å². The van der Waals surface area contributed by atoms with Crippen LogP contribution in [0.4, 0.5) is 4.39 Å². The first-order chi connectivity index (χ1) is 7.99. The van der Waals surface area contributed by atoms with Crippen molar-refractivity contribution in [2.45, 2.75) is 12.5 Å². The van der Waals surface area contributed by atoms with Crippen molar-refractivity contribution in [1.82, 2.24) is 4.90 Å². The molecule has 0 spiro atoms. The van der Waals surface area contributed by atoms with Crippen molar-refractivity contribution >= 4 is 33.4 Å². The van der Waals surface area contributed by atoms with Gasteiger partial charge in [-0.3, -0.25) is 4.79 Å². The predicted octanol–water partition coefficient (Wildman–Crippen LogP) is 2.41. The van der Waals surface area contributed by atoms with Crippen LogP contribution in [0.3, 0.4) is 0 Å². The minimum Gasteiger partial charge on any atom is -0.337 e. The zero-order chi connectivity index (χ0) is 12.6. The van der Waals surface area contributed by atoms with Crippen LogP contribution in [0.25, 0.3) is 0 Å². The molecule has 0 unspecified atom stereocenters. The largest absolute Gasteiger partial charge is 0.337 e. The third-order valence-electron chi connectivity index (χ3n) is 2.75. The first kappa shape index (κ1) is 12.8. The fourth-order valence-electron chi connectivity index (χ4n) is 1.83. The van der Waals surface area contributed by atoms with Crippen molar-refractivity contribution in [2.24, 2.45) is 5.73 Å². The van der Waals surface area contributed by atoms with E-state index in [1.165, 1.54) is 6.07 Å². The zero-order valence-corrected chi connectivity index (χ0v) is 11.3. The molecule has 17 heavy (non-hydrogen) atoms. The van der Waals surface area contributed by atoms with Crippen LogP contribution >= 0.6 is 27.5 Å². The lowest BCUT2D eigenvalue weighted by Gasteiger charge is -2.16. The number of nitrogens with zero attached hydrogens (tertiary/aromatic N) is 1. The molecule has 3 nitrogen and oxygen atoms in total. The summed E-state index contributed by atoms with van der Waals surface area (Å²) in [7, 11) is 0. The van der Waals surface area contributed by atoms with Gasteiger partial charge >= 0.3 is 0 Å². The van der Waals surface area contributed by atoms with E-state index in [-0.39, 0.29) is 27.0 Å². The monoisotopic (exact) mass is 320 g/mol. The van der Waals surface area contributed by atoms with Crippen molar-refractivity contribution in [3.8, 4) is 0 Å². The highest BCUT2D eigenvalue weighted by atomic mass is 79.9. The molecule has 2 rings (SSSR count). The Hall–Kier alpha value is -0.650. The number of hydrogen-bond acceptors (Lipinski definition) is 2. The summed E-state index contributed by atoms with van der Waals surface area (Å²) in [5.41, 5.74) is 5.91. The van der Waals surface area contributed by atoms with Crippen molar-refractivity contribution in [3.05, 3.63) is 33.0 Å². The molecule has 0 bridgehead atoms. The summed E-state index contributed by atoms with van der Waals surface area (Å²) < 4.78 is 13.6. The standard InChI is InChI=1S/C11H11BrClFN2O/c12-8-4-9(13)7(3-10(8)14)11(17)16-2-1-6(15)5-16/h3-4,6H,1-2,5,15H2/t6-/m1/s1. The molecule has 1 aromatic carbocycles. The lowest BCUT2D eigenvalue weighted by Crippen LogP contribution is -2.32. The molecule has 0 aromatic heterocycles. The zero-order valence-electron chi connectivity index (χ0n) is 8.92. The van der Waals surface area contributed by atoms with Gasteiger partial charge in [0, 0.05) is 19.1 Å². The summed E-state index contributed by atoms with van der Waals surface area (Å²) >= 11 is 8.95. The van der Waals surface area contributed by atoms with E-state index in [9.17, 15) is 9.18 Å². The van der Waals surface area contributed by atoms with E-state index < -0.39 is 5.82 Å². The Morgan fingerprint density at radius 1 is 1.59 bits per heavy atom. The summed E-state index contributed by atoms with van der Waals surface area (Å²) in [4.78, 5) is 13.7. The second kappa shape index (κ2) is 4.92. The number of benzene rings is 1. The van der Waals surface area contributed by atoms with E-state index in [1.54, 1.807) is 4.90 Å². The van der Waals surface area contributed by atoms with E-state index in [0.29, 0.717) is 13.1 Å². The van der Waals surface area contributed by atoms with Crippen LogP contribution < -0.4 is 5.73 Å². The van der Waals surface area contributed by atoms with Gasteiger partial charge in [0.25, 0.3) is 5.91 Å². The number of nitrogens with two attached hydrogens (primary N) is 1. The van der Waals surface area contributed by atoms with Crippen molar-refractivity contribution in [3.63, 3.8) is 0 Å². The number of carbonyl (C=O) groups is 1. The second-order valence-corrected chi connectivity index (χ2v) is 5.31. The van der Waals surface area contributed by atoms with Crippen LogP contribution in [0.5, 0.6) is 0 Å². The Morgan fingerprint density at radius 2 is 2.29 bits per heavy atom. The Kier molecular flexibility index (Phi) is 3.70. The Bertz CT molecular complexity index is 469. The number of amides is 1. The molecule has 1 atom stereocenters. The van der Waals surface area contributed by atoms with Gasteiger partial charge in [-0.05, 0) is 34.5 Å². The molecule has 1 aliphatic rings. The van der Waals surface area contributed by atoms with Gasteiger partial charge in [-0.2, -0.15) is 0 Å². The average Bonchev–Trinajstić information content (AvgIpc) is 2.69. The van der Waals surface area contributed by atoms with E-state index in [4.69, 9.17) is 17.3 Å². The Labute approximate surface area is 112 Å². The van der Waals surface area contributed by atoms with Crippen molar-refractivity contribution in [1.29, 1.82) is 0 Å². The van der Waals surface area contributed by atoms with Gasteiger partial charge in [0.2, 0.25) is 0 Å². The molecule has 1 fully saturated rings. The number of hydrogen-bond donors (Lipinski definition) is 1. The summed E-state index contributed by atoms with van der Waals surface area (Å²) in [6.45, 7) is 1.08. The van der Waals surface area contributed by atoms with E-state index in [2.05, 4.69) is 15.9 Å². The molecule has 1 amide bonds. The maximum absolute atomic E-state index is 13.4. The maximum atomic E-state index is 13.4. The topological polar surface area (TPSA) is 46.3 Å². The van der Waals surface area contributed by atoms with Gasteiger partial charge in [-0.1, -0.05) is 11.6 Å². The highest BCUT2D eigenvalue weighted by Crippen LogP contribution is 2.26. The van der Waals surface area contributed by atoms with Gasteiger partial charge in [-0.15, -0.1) is 0 Å². The molecule has 1 aromatic rings. The van der Waals surface area contributed by atoms with Crippen molar-refractivity contribution < 1.29 is 9.18 Å². The maximum Gasteiger partial charge on any atom is 0.255 e. The molecule has 0 saturated carbocycles. The van der Waals surface area contributed by atoms with Crippen LogP contribution in [-0.2, 0) is 0 Å². The lowest BCUT2D eigenvalue weighted by atomic mass is 10.2. The number of halogens is 3. The SMILES string of the molecule is N[C@@H]1CCN(C(=O)c2cc(F)c(Br)cc2Cl)C1. The molecule has 0 radical (unpaired) electrons. The molecule has 2 N–H and O–H groups in total. The van der Waals surface area contributed by atoms with E-state index >= 15 is 0 Å². The summed E-state index contributed by atoms with van der Waals surface area (Å²) in [5, 5.41) is 0.240. The van der Waals surface area contributed by atoms with Gasteiger partial charge in [-0.25, -0.2) is 4.39 Å². The summed E-state index contributed by atoms with van der Waals surface area (Å²) in [5.74, 6) is -0.768. The summed E-state index contributed by atoms with van der Waals surface area (Å²) in [6.07, 6.45) is 0.766. The van der Waals surface area contributed by atoms with Gasteiger partial charge in [0.05, 0.1) is 15.1 Å². The third-order valence-corrected chi connectivity index (χ3v) is 3.67. The molecule has 1 saturated heterocycles. The highest BCUT2D eigenvalue weighted by Gasteiger charge is 2.26. The smallest absolute Gasteiger partial charge is 0.255 e. The number of carbonyl (C=O) groups excluding carboxylic acids is 1. The quantitative estimate of drug-likeness (QED) is 0.808.